The first-order valence-corrected chi connectivity index (χ1v) is 4.40. The summed E-state index contributed by atoms with van der Waals surface area (Å²) in [6.45, 7) is 2.09. The summed E-state index contributed by atoms with van der Waals surface area (Å²) >= 11 is 1.32. The molecule has 0 aliphatic heterocycles. The number of carbonyl (C=O) groups excluding carboxylic acids is 1. The van der Waals surface area contributed by atoms with Crippen molar-refractivity contribution in [1.82, 2.24) is 0 Å². The minimum Gasteiger partial charge on any atom is -0.288 e. The lowest BCUT2D eigenvalue weighted by atomic mass is 10.3. The zero-order valence-electron chi connectivity index (χ0n) is 6.49. The molecule has 62 valence electrons. The topological polar surface area (TPSA) is 65.8 Å². The molecular weight excluding hydrogens is 162 g/mol. The third kappa shape index (κ3) is 9.33. The van der Waals surface area contributed by atoms with Crippen LogP contribution in [-0.2, 0) is 4.79 Å². The SMILES string of the molecule is CC(=O)SCCCCN=[N+]=[N-]. The monoisotopic (exact) mass is 173 g/mol. The first-order valence-electron chi connectivity index (χ1n) is 3.41. The predicted octanol–water partition coefficient (Wildman–Crippen LogP) is 2.36. The third-order valence-electron chi connectivity index (χ3n) is 1.02. The third-order valence-corrected chi connectivity index (χ3v) is 1.92. The predicted molar refractivity (Wildman–Crippen MR) is 46.4 cm³/mol. The molecule has 0 saturated heterocycles. The van der Waals surface area contributed by atoms with Crippen molar-refractivity contribution in [3.8, 4) is 0 Å². The molecule has 0 unspecified atom stereocenters. The summed E-state index contributed by atoms with van der Waals surface area (Å²) in [5.74, 6) is 0.830. The summed E-state index contributed by atoms with van der Waals surface area (Å²) in [5.41, 5.74) is 7.91. The molecule has 0 N–H and O–H groups in total. The summed E-state index contributed by atoms with van der Waals surface area (Å²) < 4.78 is 0. The number of carbonyl (C=O) groups is 1. The Kier molecular flexibility index (Phi) is 6.98. The van der Waals surface area contributed by atoms with Crippen LogP contribution in [0.25, 0.3) is 10.4 Å². The van der Waals surface area contributed by atoms with Crippen LogP contribution in [0.5, 0.6) is 0 Å². The minimum atomic E-state index is 0.147. The van der Waals surface area contributed by atoms with Gasteiger partial charge in [0.2, 0.25) is 0 Å². The summed E-state index contributed by atoms with van der Waals surface area (Å²) in [7, 11) is 0. The lowest BCUT2D eigenvalue weighted by Crippen LogP contribution is -1.87. The molecule has 0 radical (unpaired) electrons. The summed E-state index contributed by atoms with van der Waals surface area (Å²) in [5, 5.41) is 3.52. The first-order chi connectivity index (χ1) is 5.27. The van der Waals surface area contributed by atoms with Crippen LogP contribution in [0.2, 0.25) is 0 Å². The van der Waals surface area contributed by atoms with Gasteiger partial charge in [-0.3, -0.25) is 4.79 Å². The molecule has 0 aromatic rings. The number of rotatable bonds is 5. The standard InChI is InChI=1S/C6H11N3OS/c1-6(10)11-5-3-2-4-8-9-7/h2-5H2,1H3. The summed E-state index contributed by atoms with van der Waals surface area (Å²) in [6.07, 6.45) is 1.80. The molecule has 0 aliphatic rings. The van der Waals surface area contributed by atoms with Crippen molar-refractivity contribution in [3.05, 3.63) is 10.4 Å². The smallest absolute Gasteiger partial charge is 0.185 e. The van der Waals surface area contributed by atoms with Gasteiger partial charge in [0.15, 0.2) is 5.12 Å². The zero-order valence-corrected chi connectivity index (χ0v) is 7.30. The second-order valence-electron chi connectivity index (χ2n) is 2.00. The Hall–Kier alpha value is -0.670. The molecule has 11 heavy (non-hydrogen) atoms. The van der Waals surface area contributed by atoms with Gasteiger partial charge in [0.1, 0.15) is 0 Å². The molecule has 5 heteroatoms. The number of thioether (sulfide) groups is 1. The van der Waals surface area contributed by atoms with Crippen molar-refractivity contribution in [2.45, 2.75) is 19.8 Å². The molecule has 4 nitrogen and oxygen atoms in total. The first kappa shape index (κ1) is 10.3. The second-order valence-corrected chi connectivity index (χ2v) is 3.27. The molecule has 0 heterocycles. The molecule has 0 aromatic heterocycles. The fourth-order valence-electron chi connectivity index (χ4n) is 0.545. The van der Waals surface area contributed by atoms with Gasteiger partial charge in [0, 0.05) is 24.1 Å². The van der Waals surface area contributed by atoms with Crippen LogP contribution < -0.4 is 0 Å². The highest BCUT2D eigenvalue weighted by Gasteiger charge is 1.92. The van der Waals surface area contributed by atoms with E-state index < -0.39 is 0 Å². The Morgan fingerprint density at radius 2 is 2.36 bits per heavy atom. The minimum absolute atomic E-state index is 0.147. The van der Waals surface area contributed by atoms with Crippen LogP contribution in [0, 0.1) is 0 Å². The van der Waals surface area contributed by atoms with Crippen LogP contribution in [-0.4, -0.2) is 17.4 Å². The van der Waals surface area contributed by atoms with Crippen molar-refractivity contribution in [3.63, 3.8) is 0 Å². The van der Waals surface area contributed by atoms with E-state index in [0.29, 0.717) is 6.54 Å². The second kappa shape index (κ2) is 7.44. The van der Waals surface area contributed by atoms with E-state index in [1.54, 1.807) is 6.92 Å². The Labute approximate surface area is 70.0 Å². The van der Waals surface area contributed by atoms with Gasteiger partial charge >= 0.3 is 0 Å². The van der Waals surface area contributed by atoms with Crippen molar-refractivity contribution in [2.24, 2.45) is 5.11 Å². The lowest BCUT2D eigenvalue weighted by molar-refractivity contribution is -0.109. The Morgan fingerprint density at radius 3 is 2.91 bits per heavy atom. The molecule has 0 spiro atoms. The Balaban J connectivity index is 3.02. The highest BCUT2D eigenvalue weighted by molar-refractivity contribution is 8.13. The van der Waals surface area contributed by atoms with Crippen LogP contribution in [0.15, 0.2) is 5.11 Å². The van der Waals surface area contributed by atoms with E-state index in [9.17, 15) is 4.79 Å². The molecule has 0 aromatic carbocycles. The molecule has 0 fully saturated rings. The number of hydrogen-bond acceptors (Lipinski definition) is 3. The average Bonchev–Trinajstić information content (AvgIpc) is 1.96. The van der Waals surface area contributed by atoms with Crippen LogP contribution in [0.4, 0.5) is 0 Å². The fraction of sp³-hybridized carbons (Fsp3) is 0.833. The quantitative estimate of drug-likeness (QED) is 0.277. The van der Waals surface area contributed by atoms with E-state index >= 15 is 0 Å². The van der Waals surface area contributed by atoms with Gasteiger partial charge in [-0.25, -0.2) is 0 Å². The molecule has 0 saturated carbocycles. The van der Waals surface area contributed by atoms with Crippen LogP contribution >= 0.6 is 11.8 Å². The highest BCUT2D eigenvalue weighted by Crippen LogP contribution is 2.04. The largest absolute Gasteiger partial charge is 0.288 e. The van der Waals surface area contributed by atoms with E-state index in [-0.39, 0.29) is 5.12 Å². The lowest BCUT2D eigenvalue weighted by Gasteiger charge is -1.93. The van der Waals surface area contributed by atoms with Gasteiger partial charge in [-0.1, -0.05) is 16.9 Å². The van der Waals surface area contributed by atoms with Crippen molar-refractivity contribution in [1.29, 1.82) is 0 Å². The number of unbranched alkanes of at least 4 members (excludes halogenated alkanes) is 1. The summed E-state index contributed by atoms with van der Waals surface area (Å²) in [6, 6.07) is 0. The van der Waals surface area contributed by atoms with Crippen molar-refractivity contribution >= 4 is 16.9 Å². The van der Waals surface area contributed by atoms with Crippen molar-refractivity contribution in [2.75, 3.05) is 12.3 Å². The van der Waals surface area contributed by atoms with Crippen LogP contribution in [0.3, 0.4) is 0 Å². The maximum Gasteiger partial charge on any atom is 0.185 e. The van der Waals surface area contributed by atoms with Gasteiger partial charge < -0.3 is 0 Å². The maximum absolute atomic E-state index is 10.4. The molecule has 0 rings (SSSR count). The van der Waals surface area contributed by atoms with E-state index in [4.69, 9.17) is 5.53 Å². The zero-order chi connectivity index (χ0) is 8.53. The van der Waals surface area contributed by atoms with Crippen LogP contribution in [0.1, 0.15) is 19.8 Å². The molecule has 0 atom stereocenters. The van der Waals surface area contributed by atoms with Gasteiger partial charge in [0.05, 0.1) is 0 Å². The normalized spacial score (nSPS) is 8.82. The van der Waals surface area contributed by atoms with E-state index in [0.717, 1.165) is 18.6 Å². The highest BCUT2D eigenvalue weighted by atomic mass is 32.2. The van der Waals surface area contributed by atoms with Gasteiger partial charge in [0.25, 0.3) is 0 Å². The van der Waals surface area contributed by atoms with Gasteiger partial charge in [-0.15, -0.1) is 0 Å². The van der Waals surface area contributed by atoms with Crippen molar-refractivity contribution < 1.29 is 4.79 Å². The Morgan fingerprint density at radius 1 is 1.64 bits per heavy atom. The molecule has 0 amide bonds. The molecular formula is C6H11N3OS. The van der Waals surface area contributed by atoms with E-state index in [2.05, 4.69) is 10.0 Å². The number of nitrogens with zero attached hydrogens (tertiary/aromatic N) is 3. The Bertz CT molecular complexity index is 161. The summed E-state index contributed by atoms with van der Waals surface area (Å²) in [4.78, 5) is 13.0. The maximum atomic E-state index is 10.4. The molecule has 0 aliphatic carbocycles. The van der Waals surface area contributed by atoms with E-state index in [1.165, 1.54) is 11.8 Å². The molecule has 0 bridgehead atoms. The average molecular weight is 173 g/mol. The van der Waals surface area contributed by atoms with E-state index in [1.807, 2.05) is 0 Å². The van der Waals surface area contributed by atoms with Gasteiger partial charge in [-0.2, -0.15) is 0 Å². The number of hydrogen-bond donors (Lipinski definition) is 0. The fourth-order valence-corrected chi connectivity index (χ4v) is 1.18. The van der Waals surface area contributed by atoms with Gasteiger partial charge in [-0.05, 0) is 18.4 Å². The number of azide groups is 1.